The van der Waals surface area contributed by atoms with E-state index in [4.69, 9.17) is 27.9 Å². The van der Waals surface area contributed by atoms with Crippen molar-refractivity contribution >= 4 is 40.6 Å². The molecular weight excluding hydrogens is 337 g/mol. The van der Waals surface area contributed by atoms with E-state index in [9.17, 15) is 9.59 Å². The van der Waals surface area contributed by atoms with Gasteiger partial charge in [-0.15, -0.1) is 0 Å². The molecule has 2 aromatic carbocycles. The standard InChI is InChI=1S/C17H15Cl2NO3/c1-3-23-16-14(8-12(18)9-15(16)19)17(22)20-13-6-4-5-11(7-13)10(2)21/h4-9H,3H2,1-2H3,(H,20,22). The van der Waals surface area contributed by atoms with E-state index in [1.54, 1.807) is 31.2 Å². The van der Waals surface area contributed by atoms with Crippen molar-refractivity contribution in [3.8, 4) is 5.75 Å². The highest BCUT2D eigenvalue weighted by Gasteiger charge is 2.17. The van der Waals surface area contributed by atoms with Crippen LogP contribution in [0.1, 0.15) is 34.6 Å². The maximum atomic E-state index is 12.5. The van der Waals surface area contributed by atoms with Gasteiger partial charge in [0.15, 0.2) is 11.5 Å². The first-order valence-corrected chi connectivity index (χ1v) is 7.72. The maximum absolute atomic E-state index is 12.5. The molecule has 0 aliphatic heterocycles. The van der Waals surface area contributed by atoms with Gasteiger partial charge in [0.1, 0.15) is 0 Å². The summed E-state index contributed by atoms with van der Waals surface area (Å²) in [5.74, 6) is -0.223. The number of carbonyl (C=O) groups excluding carboxylic acids is 2. The number of hydrogen-bond acceptors (Lipinski definition) is 3. The summed E-state index contributed by atoms with van der Waals surface area (Å²) in [6, 6.07) is 9.67. The lowest BCUT2D eigenvalue weighted by molar-refractivity contribution is 0.100. The van der Waals surface area contributed by atoms with E-state index in [0.717, 1.165) is 0 Å². The van der Waals surface area contributed by atoms with Crippen LogP contribution in [0.25, 0.3) is 0 Å². The zero-order chi connectivity index (χ0) is 17.0. The van der Waals surface area contributed by atoms with E-state index < -0.39 is 5.91 Å². The van der Waals surface area contributed by atoms with Crippen LogP contribution in [0.2, 0.25) is 10.0 Å². The predicted octanol–water partition coefficient (Wildman–Crippen LogP) is 4.85. The minimum absolute atomic E-state index is 0.0816. The molecule has 0 aliphatic rings. The average Bonchev–Trinajstić information content (AvgIpc) is 2.50. The number of Topliss-reactive ketones (excluding diaryl/α,β-unsaturated/α-hetero) is 1. The number of halogens is 2. The van der Waals surface area contributed by atoms with Crippen molar-refractivity contribution < 1.29 is 14.3 Å². The molecule has 0 aliphatic carbocycles. The van der Waals surface area contributed by atoms with Gasteiger partial charge in [-0.25, -0.2) is 0 Å². The summed E-state index contributed by atoms with van der Waals surface area (Å²) >= 11 is 12.1. The molecule has 2 aromatic rings. The Labute approximate surface area is 144 Å². The van der Waals surface area contributed by atoms with Gasteiger partial charge in [0.05, 0.1) is 17.2 Å². The molecule has 0 heterocycles. The van der Waals surface area contributed by atoms with Gasteiger partial charge in [0.25, 0.3) is 5.91 Å². The molecule has 0 bridgehead atoms. The van der Waals surface area contributed by atoms with Crippen LogP contribution in [0.4, 0.5) is 5.69 Å². The van der Waals surface area contributed by atoms with Crippen LogP contribution < -0.4 is 10.1 Å². The van der Waals surface area contributed by atoms with Crippen LogP contribution in [-0.4, -0.2) is 18.3 Å². The molecule has 4 nitrogen and oxygen atoms in total. The second kappa shape index (κ2) is 7.49. The van der Waals surface area contributed by atoms with Crippen molar-refractivity contribution in [2.75, 3.05) is 11.9 Å². The van der Waals surface area contributed by atoms with Gasteiger partial charge in [-0.1, -0.05) is 35.3 Å². The Morgan fingerprint density at radius 2 is 1.91 bits per heavy atom. The van der Waals surface area contributed by atoms with Crippen LogP contribution in [0.15, 0.2) is 36.4 Å². The van der Waals surface area contributed by atoms with E-state index in [0.29, 0.717) is 22.9 Å². The van der Waals surface area contributed by atoms with Crippen LogP contribution in [0.5, 0.6) is 5.75 Å². The quantitative estimate of drug-likeness (QED) is 0.783. The molecule has 0 saturated heterocycles. The third-order valence-corrected chi connectivity index (χ3v) is 3.57. The molecule has 1 amide bonds. The monoisotopic (exact) mass is 351 g/mol. The Morgan fingerprint density at radius 1 is 1.17 bits per heavy atom. The van der Waals surface area contributed by atoms with Crippen LogP contribution in [0.3, 0.4) is 0 Å². The highest BCUT2D eigenvalue weighted by Crippen LogP contribution is 2.33. The Kier molecular flexibility index (Phi) is 5.64. The number of benzene rings is 2. The molecule has 0 fully saturated rings. The summed E-state index contributed by atoms with van der Waals surface area (Å²) < 4.78 is 5.44. The van der Waals surface area contributed by atoms with E-state index >= 15 is 0 Å². The summed E-state index contributed by atoms with van der Waals surface area (Å²) in [5, 5.41) is 3.32. The summed E-state index contributed by atoms with van der Waals surface area (Å²) in [6.45, 7) is 3.62. The van der Waals surface area contributed by atoms with Crippen molar-refractivity contribution in [2.45, 2.75) is 13.8 Å². The molecule has 0 saturated carbocycles. The summed E-state index contributed by atoms with van der Waals surface area (Å²) in [6.07, 6.45) is 0. The normalized spacial score (nSPS) is 10.3. The number of ether oxygens (including phenoxy) is 1. The van der Waals surface area contributed by atoms with E-state index in [1.807, 2.05) is 0 Å². The fourth-order valence-corrected chi connectivity index (χ4v) is 2.58. The molecule has 0 spiro atoms. The summed E-state index contributed by atoms with van der Waals surface area (Å²) in [5.41, 5.74) is 1.25. The molecule has 120 valence electrons. The first kappa shape index (κ1) is 17.3. The maximum Gasteiger partial charge on any atom is 0.259 e. The minimum Gasteiger partial charge on any atom is -0.491 e. The molecule has 2 rings (SSSR count). The highest BCUT2D eigenvalue weighted by atomic mass is 35.5. The SMILES string of the molecule is CCOc1c(Cl)cc(Cl)cc1C(=O)Nc1cccc(C(C)=O)c1. The molecular formula is C17H15Cl2NO3. The number of rotatable bonds is 5. The third kappa shape index (κ3) is 4.24. The Balaban J connectivity index is 2.34. The molecule has 0 radical (unpaired) electrons. The molecule has 23 heavy (non-hydrogen) atoms. The predicted molar refractivity (Wildman–Crippen MR) is 92.0 cm³/mol. The number of amides is 1. The van der Waals surface area contributed by atoms with Gasteiger partial charge >= 0.3 is 0 Å². The zero-order valence-electron chi connectivity index (χ0n) is 12.7. The number of carbonyl (C=O) groups is 2. The smallest absolute Gasteiger partial charge is 0.259 e. The van der Waals surface area contributed by atoms with Gasteiger partial charge in [0.2, 0.25) is 0 Å². The average molecular weight is 352 g/mol. The molecule has 0 unspecified atom stereocenters. The largest absolute Gasteiger partial charge is 0.491 e. The van der Waals surface area contributed by atoms with Crippen molar-refractivity contribution in [3.63, 3.8) is 0 Å². The fraction of sp³-hybridized carbons (Fsp3) is 0.176. The van der Waals surface area contributed by atoms with Gasteiger partial charge in [-0.3, -0.25) is 9.59 Å². The fourth-order valence-electron chi connectivity index (χ4n) is 2.03. The second-order valence-electron chi connectivity index (χ2n) is 4.79. The number of ketones is 1. The number of hydrogen-bond donors (Lipinski definition) is 1. The van der Waals surface area contributed by atoms with E-state index in [-0.39, 0.29) is 22.1 Å². The Hall–Kier alpha value is -2.04. The van der Waals surface area contributed by atoms with Crippen molar-refractivity contribution in [1.29, 1.82) is 0 Å². The third-order valence-electron chi connectivity index (χ3n) is 3.07. The van der Waals surface area contributed by atoms with Gasteiger partial charge in [0, 0.05) is 16.3 Å². The lowest BCUT2D eigenvalue weighted by Gasteiger charge is -2.13. The lowest BCUT2D eigenvalue weighted by atomic mass is 10.1. The van der Waals surface area contributed by atoms with Crippen LogP contribution in [-0.2, 0) is 0 Å². The first-order chi connectivity index (χ1) is 10.9. The van der Waals surface area contributed by atoms with Crippen molar-refractivity contribution in [2.24, 2.45) is 0 Å². The van der Waals surface area contributed by atoms with Crippen molar-refractivity contribution in [3.05, 3.63) is 57.6 Å². The molecule has 0 aromatic heterocycles. The topological polar surface area (TPSA) is 55.4 Å². The second-order valence-corrected chi connectivity index (χ2v) is 5.63. The van der Waals surface area contributed by atoms with E-state index in [2.05, 4.69) is 5.32 Å². The zero-order valence-corrected chi connectivity index (χ0v) is 14.2. The first-order valence-electron chi connectivity index (χ1n) is 6.96. The summed E-state index contributed by atoms with van der Waals surface area (Å²) in [4.78, 5) is 23.9. The van der Waals surface area contributed by atoms with Gasteiger partial charge in [-0.2, -0.15) is 0 Å². The Morgan fingerprint density at radius 3 is 2.57 bits per heavy atom. The highest BCUT2D eigenvalue weighted by molar-refractivity contribution is 6.36. The van der Waals surface area contributed by atoms with Gasteiger partial charge < -0.3 is 10.1 Å². The molecule has 1 N–H and O–H groups in total. The Bertz CT molecular complexity index is 759. The number of anilines is 1. The van der Waals surface area contributed by atoms with Crippen molar-refractivity contribution in [1.82, 2.24) is 0 Å². The molecule has 6 heteroatoms. The summed E-state index contributed by atoms with van der Waals surface area (Å²) in [7, 11) is 0. The number of nitrogens with one attached hydrogen (secondary N) is 1. The van der Waals surface area contributed by atoms with Crippen LogP contribution in [0, 0.1) is 0 Å². The lowest BCUT2D eigenvalue weighted by Crippen LogP contribution is -2.14. The van der Waals surface area contributed by atoms with E-state index in [1.165, 1.54) is 19.1 Å². The molecule has 0 atom stereocenters. The van der Waals surface area contributed by atoms with Crippen LogP contribution >= 0.6 is 23.2 Å². The van der Waals surface area contributed by atoms with Gasteiger partial charge in [-0.05, 0) is 38.1 Å². The minimum atomic E-state index is -0.418.